The summed E-state index contributed by atoms with van der Waals surface area (Å²) in [6.45, 7) is 7.90. The Balaban J connectivity index is 2.18. The summed E-state index contributed by atoms with van der Waals surface area (Å²) in [7, 11) is 0. The number of piperidine rings is 1. The van der Waals surface area contributed by atoms with Crippen LogP contribution in [0.3, 0.4) is 0 Å². The monoisotopic (exact) mass is 358 g/mol. The number of rotatable bonds is 5. The predicted molar refractivity (Wildman–Crippen MR) is 90.5 cm³/mol. The molecular weight excluding hydrogens is 336 g/mol. The van der Waals surface area contributed by atoms with Gasteiger partial charge in [-0.05, 0) is 57.0 Å². The Morgan fingerprint density at radius 1 is 1.50 bits per heavy atom. The first-order valence-corrected chi connectivity index (χ1v) is 8.72. The van der Waals surface area contributed by atoms with Crippen LogP contribution in [0.4, 0.5) is 0 Å². The van der Waals surface area contributed by atoms with E-state index in [1.165, 1.54) is 24.8 Å². The van der Waals surface area contributed by atoms with Crippen LogP contribution in [0.15, 0.2) is 22.7 Å². The maximum atomic E-state index is 6.44. The summed E-state index contributed by atoms with van der Waals surface area (Å²) in [5, 5.41) is 4.38. The molecule has 0 spiro atoms. The Morgan fingerprint density at radius 3 is 2.90 bits per heavy atom. The van der Waals surface area contributed by atoms with E-state index >= 15 is 0 Å². The summed E-state index contributed by atoms with van der Waals surface area (Å²) < 4.78 is 1.04. The second kappa shape index (κ2) is 7.79. The largest absolute Gasteiger partial charge is 0.315 e. The lowest BCUT2D eigenvalue weighted by molar-refractivity contribution is 0.120. The van der Waals surface area contributed by atoms with Crippen LogP contribution in [-0.2, 0) is 0 Å². The molecule has 2 rings (SSSR count). The van der Waals surface area contributed by atoms with Crippen molar-refractivity contribution in [1.82, 2.24) is 10.2 Å². The van der Waals surface area contributed by atoms with Gasteiger partial charge in [0.1, 0.15) is 0 Å². The predicted octanol–water partition coefficient (Wildman–Crippen LogP) is 4.63. The van der Waals surface area contributed by atoms with Crippen LogP contribution in [0.25, 0.3) is 0 Å². The van der Waals surface area contributed by atoms with Crippen LogP contribution in [0.1, 0.15) is 44.7 Å². The third-order valence-electron chi connectivity index (χ3n) is 4.13. The maximum absolute atomic E-state index is 6.44. The first kappa shape index (κ1) is 16.3. The minimum atomic E-state index is 0.362. The standard InChI is InChI=1S/C16H24BrClN2/c1-3-9-20(14-5-4-8-19-11-14)12(2)15-7-6-13(17)10-16(15)18/h6-7,10,12,14,19H,3-5,8-9,11H2,1-2H3. The molecule has 0 bridgehead atoms. The molecule has 1 fully saturated rings. The molecule has 2 atom stereocenters. The highest BCUT2D eigenvalue weighted by molar-refractivity contribution is 9.10. The number of benzene rings is 1. The average Bonchev–Trinajstić information content (AvgIpc) is 2.45. The molecule has 1 aromatic rings. The quantitative estimate of drug-likeness (QED) is 0.824. The molecule has 20 heavy (non-hydrogen) atoms. The van der Waals surface area contributed by atoms with Crippen molar-refractivity contribution < 1.29 is 0 Å². The van der Waals surface area contributed by atoms with Crippen molar-refractivity contribution in [2.24, 2.45) is 0 Å². The average molecular weight is 360 g/mol. The molecule has 112 valence electrons. The zero-order valence-corrected chi connectivity index (χ0v) is 14.7. The van der Waals surface area contributed by atoms with Gasteiger partial charge in [0.25, 0.3) is 0 Å². The van der Waals surface area contributed by atoms with Crippen LogP contribution in [0.5, 0.6) is 0 Å². The zero-order valence-electron chi connectivity index (χ0n) is 12.3. The third-order valence-corrected chi connectivity index (χ3v) is 4.95. The molecule has 0 radical (unpaired) electrons. The molecule has 1 N–H and O–H groups in total. The zero-order chi connectivity index (χ0) is 14.5. The number of hydrogen-bond acceptors (Lipinski definition) is 2. The lowest BCUT2D eigenvalue weighted by atomic mass is 10.00. The molecule has 0 aliphatic carbocycles. The summed E-state index contributed by atoms with van der Waals surface area (Å²) in [6.07, 6.45) is 3.73. The number of hydrogen-bond donors (Lipinski definition) is 1. The van der Waals surface area contributed by atoms with Crippen LogP contribution in [0, 0.1) is 0 Å². The fraction of sp³-hybridized carbons (Fsp3) is 0.625. The Labute approximate surface area is 136 Å². The molecule has 1 aliphatic heterocycles. The summed E-state index contributed by atoms with van der Waals surface area (Å²) in [4.78, 5) is 2.61. The highest BCUT2D eigenvalue weighted by atomic mass is 79.9. The summed E-state index contributed by atoms with van der Waals surface area (Å²) in [5.74, 6) is 0. The van der Waals surface area contributed by atoms with Gasteiger partial charge in [-0.15, -0.1) is 0 Å². The van der Waals surface area contributed by atoms with Crippen LogP contribution < -0.4 is 5.32 Å². The van der Waals surface area contributed by atoms with Crippen molar-refractivity contribution in [1.29, 1.82) is 0 Å². The Morgan fingerprint density at radius 2 is 2.30 bits per heavy atom. The van der Waals surface area contributed by atoms with E-state index in [0.717, 1.165) is 29.1 Å². The topological polar surface area (TPSA) is 15.3 Å². The highest BCUT2D eigenvalue weighted by Crippen LogP contribution is 2.32. The summed E-state index contributed by atoms with van der Waals surface area (Å²) in [6, 6.07) is 7.21. The fourth-order valence-corrected chi connectivity index (χ4v) is 3.92. The Hall–Kier alpha value is -0.0900. The molecular formula is C16H24BrClN2. The van der Waals surface area contributed by atoms with Gasteiger partial charge in [0.2, 0.25) is 0 Å². The van der Waals surface area contributed by atoms with Gasteiger partial charge in [-0.2, -0.15) is 0 Å². The van der Waals surface area contributed by atoms with Crippen molar-refractivity contribution in [3.05, 3.63) is 33.3 Å². The smallest absolute Gasteiger partial charge is 0.0464 e. The van der Waals surface area contributed by atoms with E-state index in [1.54, 1.807) is 0 Å². The molecule has 1 saturated heterocycles. The van der Waals surface area contributed by atoms with E-state index in [2.05, 4.69) is 52.1 Å². The first-order chi connectivity index (χ1) is 9.63. The second-order valence-electron chi connectivity index (χ2n) is 5.58. The molecule has 2 nitrogen and oxygen atoms in total. The molecule has 0 saturated carbocycles. The minimum Gasteiger partial charge on any atom is -0.315 e. The van der Waals surface area contributed by atoms with Gasteiger partial charge < -0.3 is 5.32 Å². The van der Waals surface area contributed by atoms with Gasteiger partial charge in [-0.1, -0.05) is 40.5 Å². The van der Waals surface area contributed by atoms with Gasteiger partial charge in [-0.3, -0.25) is 4.90 Å². The SMILES string of the molecule is CCCN(C1CCCNC1)C(C)c1ccc(Br)cc1Cl. The normalized spacial score (nSPS) is 21.1. The third kappa shape index (κ3) is 3.97. The lowest BCUT2D eigenvalue weighted by Gasteiger charge is -2.39. The van der Waals surface area contributed by atoms with E-state index in [9.17, 15) is 0 Å². The van der Waals surface area contributed by atoms with E-state index in [1.807, 2.05) is 6.07 Å². The first-order valence-electron chi connectivity index (χ1n) is 7.55. The van der Waals surface area contributed by atoms with E-state index in [0.29, 0.717) is 12.1 Å². The van der Waals surface area contributed by atoms with Crippen molar-refractivity contribution in [3.8, 4) is 0 Å². The molecule has 1 heterocycles. The lowest BCUT2D eigenvalue weighted by Crippen LogP contribution is -2.47. The molecule has 0 amide bonds. The minimum absolute atomic E-state index is 0.362. The van der Waals surface area contributed by atoms with Crippen molar-refractivity contribution in [2.75, 3.05) is 19.6 Å². The van der Waals surface area contributed by atoms with Crippen molar-refractivity contribution in [2.45, 2.75) is 45.2 Å². The van der Waals surface area contributed by atoms with Crippen molar-refractivity contribution in [3.63, 3.8) is 0 Å². The molecule has 0 aromatic heterocycles. The molecule has 4 heteroatoms. The highest BCUT2D eigenvalue weighted by Gasteiger charge is 2.26. The number of halogens is 2. The van der Waals surface area contributed by atoms with Crippen LogP contribution >= 0.6 is 27.5 Å². The van der Waals surface area contributed by atoms with Gasteiger partial charge in [0.15, 0.2) is 0 Å². The summed E-state index contributed by atoms with van der Waals surface area (Å²) in [5.41, 5.74) is 1.23. The van der Waals surface area contributed by atoms with E-state index in [-0.39, 0.29) is 0 Å². The molecule has 1 aliphatic rings. The van der Waals surface area contributed by atoms with Gasteiger partial charge >= 0.3 is 0 Å². The summed E-state index contributed by atoms with van der Waals surface area (Å²) >= 11 is 9.92. The number of nitrogens with one attached hydrogen (secondary N) is 1. The number of nitrogens with zero attached hydrogens (tertiary/aromatic N) is 1. The van der Waals surface area contributed by atoms with E-state index in [4.69, 9.17) is 11.6 Å². The van der Waals surface area contributed by atoms with Crippen LogP contribution in [-0.4, -0.2) is 30.6 Å². The van der Waals surface area contributed by atoms with E-state index < -0.39 is 0 Å². The maximum Gasteiger partial charge on any atom is 0.0464 e. The second-order valence-corrected chi connectivity index (χ2v) is 6.90. The fourth-order valence-electron chi connectivity index (χ4n) is 3.09. The molecule has 2 unspecified atom stereocenters. The van der Waals surface area contributed by atoms with Gasteiger partial charge in [0.05, 0.1) is 0 Å². The Bertz CT molecular complexity index is 432. The Kier molecular flexibility index (Phi) is 6.34. The van der Waals surface area contributed by atoms with Crippen molar-refractivity contribution >= 4 is 27.5 Å². The van der Waals surface area contributed by atoms with Gasteiger partial charge in [-0.25, -0.2) is 0 Å². The van der Waals surface area contributed by atoms with Gasteiger partial charge in [0, 0.05) is 28.1 Å². The molecule has 1 aromatic carbocycles. The van der Waals surface area contributed by atoms with Crippen LogP contribution in [0.2, 0.25) is 5.02 Å².